The fourth-order valence-electron chi connectivity index (χ4n) is 2.43. The fraction of sp³-hybridized carbons (Fsp3) is 0.250. The summed E-state index contributed by atoms with van der Waals surface area (Å²) in [7, 11) is 0. The van der Waals surface area contributed by atoms with Crippen molar-refractivity contribution in [2.45, 2.75) is 18.6 Å². The Labute approximate surface area is 185 Å². The summed E-state index contributed by atoms with van der Waals surface area (Å²) in [5.74, 6) is -1.48. The van der Waals surface area contributed by atoms with Crippen molar-refractivity contribution in [3.05, 3.63) is 70.0 Å². The Bertz CT molecular complexity index is 932. The molecule has 2 aromatic rings. The topological polar surface area (TPSA) is 70.6 Å². The van der Waals surface area contributed by atoms with Crippen LogP contribution in [0.2, 0.25) is 5.02 Å². The van der Waals surface area contributed by atoms with E-state index in [2.05, 4.69) is 15.8 Å². The predicted molar refractivity (Wildman–Crippen MR) is 113 cm³/mol. The maximum absolute atomic E-state index is 13.7. The molecule has 0 saturated heterocycles. The highest BCUT2D eigenvalue weighted by Gasteiger charge is 2.30. The second-order valence-corrected chi connectivity index (χ2v) is 7.65. The molecule has 5 nitrogen and oxygen atoms in total. The van der Waals surface area contributed by atoms with Gasteiger partial charge in [0.2, 0.25) is 0 Å². The first-order chi connectivity index (χ1) is 14.6. The molecule has 0 spiro atoms. The van der Waals surface area contributed by atoms with Crippen LogP contribution in [-0.2, 0) is 11.0 Å². The van der Waals surface area contributed by atoms with Crippen LogP contribution in [0.4, 0.5) is 17.6 Å². The SMILES string of the molecule is CSCCC(NC(=O)c1ccc(C(F)(F)F)cc1)C(=O)NN=Cc1c(F)cccc1Cl. The number of carbonyl (C=O) groups excluding carboxylic acids is 2. The minimum absolute atomic E-state index is 0.0149. The zero-order valence-corrected chi connectivity index (χ0v) is 17.7. The second kappa shape index (κ2) is 11.1. The standard InChI is InChI=1S/C20H18ClF4N3O2S/c1-31-10-9-17(19(30)28-26-11-14-15(21)3-2-4-16(14)22)27-18(29)12-5-7-13(8-6-12)20(23,24)25/h2-8,11,17H,9-10H2,1H3,(H,27,29)(H,28,30). The maximum Gasteiger partial charge on any atom is 0.416 e. The number of thioether (sulfide) groups is 1. The third-order valence-electron chi connectivity index (χ3n) is 4.07. The number of hydrazone groups is 1. The van der Waals surface area contributed by atoms with Gasteiger partial charge in [-0.15, -0.1) is 0 Å². The van der Waals surface area contributed by atoms with Gasteiger partial charge in [-0.25, -0.2) is 9.82 Å². The molecule has 0 radical (unpaired) electrons. The Balaban J connectivity index is 2.07. The molecule has 0 fully saturated rings. The van der Waals surface area contributed by atoms with E-state index >= 15 is 0 Å². The third-order valence-corrected chi connectivity index (χ3v) is 5.05. The summed E-state index contributed by atoms with van der Waals surface area (Å²) in [6.45, 7) is 0. The zero-order valence-electron chi connectivity index (χ0n) is 16.2. The van der Waals surface area contributed by atoms with Crippen molar-refractivity contribution in [1.29, 1.82) is 0 Å². The molecule has 0 aromatic heterocycles. The van der Waals surface area contributed by atoms with Crippen molar-refractivity contribution < 1.29 is 27.2 Å². The van der Waals surface area contributed by atoms with Crippen LogP contribution in [0.25, 0.3) is 0 Å². The lowest BCUT2D eigenvalue weighted by molar-refractivity contribution is -0.137. The van der Waals surface area contributed by atoms with E-state index in [-0.39, 0.29) is 22.6 Å². The number of rotatable bonds is 8. The van der Waals surface area contributed by atoms with Crippen LogP contribution in [0, 0.1) is 5.82 Å². The van der Waals surface area contributed by atoms with Crippen LogP contribution in [0.3, 0.4) is 0 Å². The van der Waals surface area contributed by atoms with Crippen molar-refractivity contribution >= 4 is 41.4 Å². The smallest absolute Gasteiger partial charge is 0.340 e. The lowest BCUT2D eigenvalue weighted by Gasteiger charge is -2.17. The van der Waals surface area contributed by atoms with Crippen LogP contribution in [-0.4, -0.2) is 36.1 Å². The predicted octanol–water partition coefficient (Wildman–Crippen LogP) is 4.50. The van der Waals surface area contributed by atoms with Gasteiger partial charge in [0.25, 0.3) is 11.8 Å². The van der Waals surface area contributed by atoms with Gasteiger partial charge in [0, 0.05) is 11.1 Å². The van der Waals surface area contributed by atoms with Crippen molar-refractivity contribution in [2.24, 2.45) is 5.10 Å². The Hall–Kier alpha value is -2.59. The molecule has 0 aliphatic rings. The fourth-order valence-corrected chi connectivity index (χ4v) is 3.11. The Morgan fingerprint density at radius 1 is 1.19 bits per heavy atom. The summed E-state index contributed by atoms with van der Waals surface area (Å²) in [5, 5.41) is 6.26. The molecule has 1 unspecified atom stereocenters. The average Bonchev–Trinajstić information content (AvgIpc) is 2.72. The van der Waals surface area contributed by atoms with Crippen LogP contribution in [0.1, 0.15) is 27.9 Å². The lowest BCUT2D eigenvalue weighted by atomic mass is 10.1. The Morgan fingerprint density at radius 3 is 2.45 bits per heavy atom. The minimum Gasteiger partial charge on any atom is -0.340 e. The number of nitrogens with zero attached hydrogens (tertiary/aromatic N) is 1. The number of hydrogen-bond acceptors (Lipinski definition) is 4. The molecule has 1 atom stereocenters. The van der Waals surface area contributed by atoms with Crippen LogP contribution >= 0.6 is 23.4 Å². The number of halogens is 5. The van der Waals surface area contributed by atoms with Gasteiger partial charge in [0.05, 0.1) is 16.8 Å². The highest BCUT2D eigenvalue weighted by atomic mass is 35.5. The number of alkyl halides is 3. The van der Waals surface area contributed by atoms with Gasteiger partial charge >= 0.3 is 6.18 Å². The van der Waals surface area contributed by atoms with Crippen molar-refractivity contribution in [1.82, 2.24) is 10.7 Å². The highest BCUT2D eigenvalue weighted by Crippen LogP contribution is 2.29. The Morgan fingerprint density at radius 2 is 1.87 bits per heavy atom. The summed E-state index contributed by atoms with van der Waals surface area (Å²) in [6, 6.07) is 6.68. The molecule has 0 bridgehead atoms. The van der Waals surface area contributed by atoms with Crippen molar-refractivity contribution in [3.63, 3.8) is 0 Å². The van der Waals surface area contributed by atoms with E-state index in [9.17, 15) is 27.2 Å². The number of benzene rings is 2. The Kier molecular flexibility index (Phi) is 8.88. The van der Waals surface area contributed by atoms with Gasteiger partial charge in [0.1, 0.15) is 11.9 Å². The zero-order chi connectivity index (χ0) is 23.0. The van der Waals surface area contributed by atoms with E-state index in [0.717, 1.165) is 30.5 Å². The van der Waals surface area contributed by atoms with Crippen LogP contribution in [0.5, 0.6) is 0 Å². The van der Waals surface area contributed by atoms with E-state index in [1.165, 1.54) is 30.0 Å². The quantitative estimate of drug-likeness (QED) is 0.335. The molecule has 0 saturated carbocycles. The van der Waals surface area contributed by atoms with Gasteiger partial charge in [0.15, 0.2) is 0 Å². The van der Waals surface area contributed by atoms with Gasteiger partial charge in [-0.05, 0) is 54.8 Å². The van der Waals surface area contributed by atoms with Crippen LogP contribution < -0.4 is 10.7 Å². The highest BCUT2D eigenvalue weighted by molar-refractivity contribution is 7.98. The number of hydrogen-bond donors (Lipinski definition) is 2. The summed E-state index contributed by atoms with van der Waals surface area (Å²) in [5.41, 5.74) is 1.28. The second-order valence-electron chi connectivity index (χ2n) is 6.25. The first-order valence-electron chi connectivity index (χ1n) is 8.87. The molecule has 2 aromatic carbocycles. The molecular weight excluding hydrogens is 458 g/mol. The van der Waals surface area contributed by atoms with Gasteiger partial charge in [-0.1, -0.05) is 17.7 Å². The first-order valence-corrected chi connectivity index (χ1v) is 10.6. The number of carbonyl (C=O) groups is 2. The molecule has 2 amide bonds. The van der Waals surface area contributed by atoms with Crippen molar-refractivity contribution in [2.75, 3.05) is 12.0 Å². The molecule has 2 N–H and O–H groups in total. The molecule has 0 heterocycles. The van der Waals surface area contributed by atoms with E-state index < -0.39 is 35.4 Å². The third kappa shape index (κ3) is 7.25. The monoisotopic (exact) mass is 475 g/mol. The van der Waals surface area contributed by atoms with E-state index in [0.29, 0.717) is 5.75 Å². The summed E-state index contributed by atoms with van der Waals surface area (Å²) in [6.07, 6.45) is -1.42. The minimum atomic E-state index is -4.52. The van der Waals surface area contributed by atoms with Crippen LogP contribution in [0.15, 0.2) is 47.6 Å². The van der Waals surface area contributed by atoms with E-state index in [1.807, 2.05) is 6.26 Å². The molecule has 0 aliphatic heterocycles. The van der Waals surface area contributed by atoms with Gasteiger partial charge < -0.3 is 5.32 Å². The van der Waals surface area contributed by atoms with Gasteiger partial charge in [-0.3, -0.25) is 9.59 Å². The van der Waals surface area contributed by atoms with Gasteiger partial charge in [-0.2, -0.15) is 30.0 Å². The molecule has 2 rings (SSSR count). The normalized spacial score (nSPS) is 12.6. The summed E-state index contributed by atoms with van der Waals surface area (Å²) in [4.78, 5) is 24.8. The molecule has 166 valence electrons. The summed E-state index contributed by atoms with van der Waals surface area (Å²) >= 11 is 7.32. The molecular formula is C20H18ClF4N3O2S. The molecule has 0 aliphatic carbocycles. The molecule has 31 heavy (non-hydrogen) atoms. The number of nitrogens with one attached hydrogen (secondary N) is 2. The largest absolute Gasteiger partial charge is 0.416 e. The summed E-state index contributed by atoms with van der Waals surface area (Å²) < 4.78 is 51.7. The lowest BCUT2D eigenvalue weighted by Crippen LogP contribution is -2.45. The van der Waals surface area contributed by atoms with E-state index in [4.69, 9.17) is 11.6 Å². The van der Waals surface area contributed by atoms with E-state index in [1.54, 1.807) is 0 Å². The molecule has 11 heteroatoms. The van der Waals surface area contributed by atoms with Crippen molar-refractivity contribution in [3.8, 4) is 0 Å². The first kappa shape index (κ1) is 24.7. The maximum atomic E-state index is 13.7. The number of amides is 2. The average molecular weight is 476 g/mol.